The molecular formula is C13H15N3O2. The van der Waals surface area contributed by atoms with Gasteiger partial charge in [0, 0.05) is 12.6 Å². The predicted molar refractivity (Wildman–Crippen MR) is 67.2 cm³/mol. The molecule has 1 aromatic carbocycles. The van der Waals surface area contributed by atoms with Gasteiger partial charge >= 0.3 is 0 Å². The molecule has 1 heterocycles. The minimum Gasteiger partial charge on any atom is -0.497 e. The highest BCUT2D eigenvalue weighted by Crippen LogP contribution is 2.14. The number of aromatic nitrogens is 2. The second-order valence-electron chi connectivity index (χ2n) is 3.71. The number of methoxy groups -OCH3 is 1. The van der Waals surface area contributed by atoms with E-state index in [2.05, 4.69) is 10.2 Å². The molecule has 2 rings (SSSR count). The molecule has 18 heavy (non-hydrogen) atoms. The van der Waals surface area contributed by atoms with Crippen LogP contribution in [0.4, 0.5) is 0 Å². The Hall–Kier alpha value is -2.14. The smallest absolute Gasteiger partial charge is 0.233 e. The molecular weight excluding hydrogens is 230 g/mol. The van der Waals surface area contributed by atoms with Crippen LogP contribution in [-0.4, -0.2) is 17.3 Å². The van der Waals surface area contributed by atoms with E-state index >= 15 is 0 Å². The molecule has 5 heteroatoms. The zero-order chi connectivity index (χ0) is 12.8. The van der Waals surface area contributed by atoms with Crippen molar-refractivity contribution >= 4 is 0 Å². The quantitative estimate of drug-likeness (QED) is 0.864. The maximum absolute atomic E-state index is 5.52. The topological polar surface area (TPSA) is 70.3 Å². The van der Waals surface area contributed by atoms with E-state index in [1.54, 1.807) is 19.2 Å². The molecule has 0 atom stereocenters. The largest absolute Gasteiger partial charge is 0.497 e. The fourth-order valence-electron chi connectivity index (χ4n) is 1.45. The van der Waals surface area contributed by atoms with E-state index in [9.17, 15) is 0 Å². The summed E-state index contributed by atoms with van der Waals surface area (Å²) in [6.07, 6.45) is 0. The molecule has 0 amide bonds. The van der Waals surface area contributed by atoms with Crippen molar-refractivity contribution in [1.82, 2.24) is 10.2 Å². The summed E-state index contributed by atoms with van der Waals surface area (Å²) in [4.78, 5) is 0. The molecule has 2 N–H and O–H groups in total. The van der Waals surface area contributed by atoms with E-state index in [1.165, 1.54) is 0 Å². The Morgan fingerprint density at radius 3 is 2.72 bits per heavy atom. The van der Waals surface area contributed by atoms with Crippen LogP contribution < -0.4 is 15.2 Å². The highest BCUT2D eigenvalue weighted by molar-refractivity contribution is 5.28. The van der Waals surface area contributed by atoms with Crippen molar-refractivity contribution in [2.45, 2.75) is 13.2 Å². The van der Waals surface area contributed by atoms with E-state index in [-0.39, 0.29) is 0 Å². The third-order valence-corrected chi connectivity index (χ3v) is 2.43. The van der Waals surface area contributed by atoms with Gasteiger partial charge in [0.05, 0.1) is 12.8 Å². The van der Waals surface area contributed by atoms with Crippen molar-refractivity contribution in [3.63, 3.8) is 0 Å². The van der Waals surface area contributed by atoms with Gasteiger partial charge in [0.2, 0.25) is 5.88 Å². The first-order valence-electron chi connectivity index (χ1n) is 5.60. The maximum atomic E-state index is 5.52. The van der Waals surface area contributed by atoms with Crippen LogP contribution in [0.2, 0.25) is 0 Å². The molecule has 0 unspecified atom stereocenters. The van der Waals surface area contributed by atoms with Crippen LogP contribution in [0.5, 0.6) is 11.6 Å². The minimum atomic E-state index is 0.378. The maximum Gasteiger partial charge on any atom is 0.233 e. The van der Waals surface area contributed by atoms with Gasteiger partial charge in [-0.3, -0.25) is 0 Å². The normalized spacial score (nSPS) is 10.1. The van der Waals surface area contributed by atoms with Crippen LogP contribution in [0.25, 0.3) is 0 Å². The van der Waals surface area contributed by atoms with Crippen molar-refractivity contribution in [2.24, 2.45) is 5.73 Å². The fraction of sp³-hybridized carbons (Fsp3) is 0.231. The average Bonchev–Trinajstić information content (AvgIpc) is 2.46. The summed E-state index contributed by atoms with van der Waals surface area (Å²) < 4.78 is 10.7. The Balaban J connectivity index is 1.97. The Morgan fingerprint density at radius 2 is 2.06 bits per heavy atom. The lowest BCUT2D eigenvalue weighted by Gasteiger charge is -2.06. The van der Waals surface area contributed by atoms with E-state index in [4.69, 9.17) is 15.2 Å². The van der Waals surface area contributed by atoms with E-state index < -0.39 is 0 Å². The summed E-state index contributed by atoms with van der Waals surface area (Å²) in [6.45, 7) is 0.803. The van der Waals surface area contributed by atoms with Gasteiger partial charge in [-0.05, 0) is 23.8 Å². The molecule has 0 aliphatic heterocycles. The van der Waals surface area contributed by atoms with E-state index in [1.807, 2.05) is 24.3 Å². The first-order valence-corrected chi connectivity index (χ1v) is 5.60. The molecule has 1 aromatic heterocycles. The van der Waals surface area contributed by atoms with Crippen LogP contribution in [0.3, 0.4) is 0 Å². The molecule has 0 saturated carbocycles. The summed E-state index contributed by atoms with van der Waals surface area (Å²) in [5, 5.41) is 7.84. The zero-order valence-electron chi connectivity index (χ0n) is 10.2. The summed E-state index contributed by atoms with van der Waals surface area (Å²) in [6, 6.07) is 11.2. The molecule has 0 aliphatic rings. The van der Waals surface area contributed by atoms with Gasteiger partial charge in [0.15, 0.2) is 0 Å². The monoisotopic (exact) mass is 245 g/mol. The van der Waals surface area contributed by atoms with E-state index in [0.29, 0.717) is 19.0 Å². The molecule has 2 aromatic rings. The van der Waals surface area contributed by atoms with Gasteiger partial charge in [-0.25, -0.2) is 0 Å². The van der Waals surface area contributed by atoms with Crippen LogP contribution in [0.15, 0.2) is 36.4 Å². The molecule has 0 fully saturated rings. The fourth-order valence-corrected chi connectivity index (χ4v) is 1.45. The highest BCUT2D eigenvalue weighted by Gasteiger charge is 2.00. The molecule has 0 radical (unpaired) electrons. The molecule has 0 saturated heterocycles. The number of benzene rings is 1. The molecule has 94 valence electrons. The van der Waals surface area contributed by atoms with Crippen LogP contribution >= 0.6 is 0 Å². The summed E-state index contributed by atoms with van der Waals surface area (Å²) in [5.74, 6) is 1.29. The van der Waals surface area contributed by atoms with Gasteiger partial charge < -0.3 is 15.2 Å². The second-order valence-corrected chi connectivity index (χ2v) is 3.71. The number of ether oxygens (including phenoxy) is 2. The number of hydrogen-bond donors (Lipinski definition) is 1. The molecule has 0 aliphatic carbocycles. The Kier molecular flexibility index (Phi) is 4.09. The molecule has 0 spiro atoms. The SMILES string of the molecule is COc1cccc(COc2ccc(CN)nn2)c1. The third-order valence-electron chi connectivity index (χ3n) is 2.43. The van der Waals surface area contributed by atoms with Gasteiger partial charge in [0.1, 0.15) is 12.4 Å². The third kappa shape index (κ3) is 3.18. The van der Waals surface area contributed by atoms with Crippen molar-refractivity contribution < 1.29 is 9.47 Å². The highest BCUT2D eigenvalue weighted by atomic mass is 16.5. The second kappa shape index (κ2) is 5.97. The number of nitrogens with two attached hydrogens (primary N) is 1. The standard InChI is InChI=1S/C13H15N3O2/c1-17-12-4-2-3-10(7-12)9-18-13-6-5-11(8-14)15-16-13/h2-7H,8-9,14H2,1H3. The van der Waals surface area contributed by atoms with Crippen molar-refractivity contribution in [3.8, 4) is 11.6 Å². The number of hydrogen-bond acceptors (Lipinski definition) is 5. The lowest BCUT2D eigenvalue weighted by atomic mass is 10.2. The first-order chi connectivity index (χ1) is 8.81. The average molecular weight is 245 g/mol. The summed E-state index contributed by atoms with van der Waals surface area (Å²) in [5.41, 5.74) is 7.19. The van der Waals surface area contributed by atoms with Crippen molar-refractivity contribution in [3.05, 3.63) is 47.7 Å². The Morgan fingerprint density at radius 1 is 1.17 bits per heavy atom. The summed E-state index contributed by atoms with van der Waals surface area (Å²) >= 11 is 0. The van der Waals surface area contributed by atoms with Gasteiger partial charge in [-0.2, -0.15) is 5.10 Å². The Labute approximate surface area is 106 Å². The zero-order valence-corrected chi connectivity index (χ0v) is 10.2. The van der Waals surface area contributed by atoms with Crippen molar-refractivity contribution in [2.75, 3.05) is 7.11 Å². The van der Waals surface area contributed by atoms with Crippen molar-refractivity contribution in [1.29, 1.82) is 0 Å². The lowest BCUT2D eigenvalue weighted by Crippen LogP contribution is -2.03. The van der Waals surface area contributed by atoms with Crippen LogP contribution in [0.1, 0.15) is 11.3 Å². The number of nitrogens with zero attached hydrogens (tertiary/aromatic N) is 2. The van der Waals surface area contributed by atoms with Gasteiger partial charge in [0.25, 0.3) is 0 Å². The summed E-state index contributed by atoms with van der Waals surface area (Å²) in [7, 11) is 1.64. The predicted octanol–water partition coefficient (Wildman–Crippen LogP) is 1.52. The van der Waals surface area contributed by atoms with Gasteiger partial charge in [-0.1, -0.05) is 12.1 Å². The Bertz CT molecular complexity index is 500. The van der Waals surface area contributed by atoms with Gasteiger partial charge in [-0.15, -0.1) is 5.10 Å². The van der Waals surface area contributed by atoms with E-state index in [0.717, 1.165) is 17.0 Å². The van der Waals surface area contributed by atoms with Crippen LogP contribution in [-0.2, 0) is 13.2 Å². The first kappa shape index (κ1) is 12.3. The minimum absolute atomic E-state index is 0.378. The number of rotatable bonds is 5. The van der Waals surface area contributed by atoms with Crippen LogP contribution in [0, 0.1) is 0 Å². The lowest BCUT2D eigenvalue weighted by molar-refractivity contribution is 0.289. The molecule has 0 bridgehead atoms. The molecule has 5 nitrogen and oxygen atoms in total.